The van der Waals surface area contributed by atoms with E-state index in [4.69, 9.17) is 9.68 Å². The van der Waals surface area contributed by atoms with Crippen LogP contribution in [0.5, 0.6) is 0 Å². The number of pyridine rings is 1. The monoisotopic (exact) mass is 332 g/mol. The molecule has 0 bridgehead atoms. The quantitative estimate of drug-likeness (QED) is 0.728. The first-order valence-electron chi connectivity index (χ1n) is 8.08. The molecule has 0 aliphatic carbocycles. The zero-order chi connectivity index (χ0) is 17.1. The molecule has 3 aromatic rings. The van der Waals surface area contributed by atoms with E-state index in [-0.39, 0.29) is 0 Å². The summed E-state index contributed by atoms with van der Waals surface area (Å²) in [5.74, 6) is 2.42. The van der Waals surface area contributed by atoms with E-state index in [0.717, 1.165) is 43.5 Å². The third-order valence-electron chi connectivity index (χ3n) is 4.20. The third kappa shape index (κ3) is 3.15. The molecule has 1 fully saturated rings. The van der Waals surface area contributed by atoms with Crippen molar-refractivity contribution in [3.8, 4) is 17.5 Å². The van der Waals surface area contributed by atoms with Crippen molar-refractivity contribution < 1.29 is 4.42 Å². The van der Waals surface area contributed by atoms with Crippen LogP contribution in [0.3, 0.4) is 0 Å². The van der Waals surface area contributed by atoms with E-state index < -0.39 is 0 Å². The van der Waals surface area contributed by atoms with Gasteiger partial charge in [0, 0.05) is 26.2 Å². The van der Waals surface area contributed by atoms with Crippen molar-refractivity contribution in [2.24, 2.45) is 0 Å². The van der Waals surface area contributed by atoms with E-state index in [1.807, 2.05) is 36.4 Å². The summed E-state index contributed by atoms with van der Waals surface area (Å²) in [6, 6.07) is 15.2. The minimum absolute atomic E-state index is 0.444. The van der Waals surface area contributed by atoms with Gasteiger partial charge in [-0.05, 0) is 36.4 Å². The molecule has 0 atom stereocenters. The van der Waals surface area contributed by atoms with Crippen LogP contribution >= 0.6 is 0 Å². The van der Waals surface area contributed by atoms with Gasteiger partial charge in [0.05, 0.1) is 6.26 Å². The fraction of sp³-hybridized carbons (Fsp3) is 0.222. The summed E-state index contributed by atoms with van der Waals surface area (Å²) in [5, 5.41) is 17.6. The topological polar surface area (TPSA) is 82.1 Å². The molecular formula is C18H16N6O. The average Bonchev–Trinajstić information content (AvgIpc) is 3.23. The molecule has 1 aliphatic heterocycles. The number of furan rings is 1. The third-order valence-corrected chi connectivity index (χ3v) is 4.20. The van der Waals surface area contributed by atoms with Gasteiger partial charge < -0.3 is 14.2 Å². The van der Waals surface area contributed by atoms with Crippen molar-refractivity contribution in [3.63, 3.8) is 0 Å². The Morgan fingerprint density at radius 2 is 1.68 bits per heavy atom. The summed E-state index contributed by atoms with van der Waals surface area (Å²) in [6.45, 7) is 3.30. The highest BCUT2D eigenvalue weighted by Crippen LogP contribution is 2.21. The maximum absolute atomic E-state index is 8.98. The number of hydrogen-bond donors (Lipinski definition) is 0. The number of piperazine rings is 1. The fourth-order valence-corrected chi connectivity index (χ4v) is 2.88. The van der Waals surface area contributed by atoms with Crippen molar-refractivity contribution >= 4 is 11.6 Å². The largest absolute Gasteiger partial charge is 0.463 e. The minimum Gasteiger partial charge on any atom is -0.463 e. The van der Waals surface area contributed by atoms with Gasteiger partial charge in [-0.2, -0.15) is 5.26 Å². The lowest BCUT2D eigenvalue weighted by Crippen LogP contribution is -2.47. The van der Waals surface area contributed by atoms with Crippen LogP contribution in [0.1, 0.15) is 5.69 Å². The summed E-state index contributed by atoms with van der Waals surface area (Å²) < 4.78 is 5.33. The van der Waals surface area contributed by atoms with Crippen LogP contribution < -0.4 is 9.80 Å². The molecule has 3 aromatic heterocycles. The van der Waals surface area contributed by atoms with Gasteiger partial charge in [0.2, 0.25) is 0 Å². The van der Waals surface area contributed by atoms with Crippen LogP contribution in [0.25, 0.3) is 11.5 Å². The van der Waals surface area contributed by atoms with Crippen LogP contribution in [-0.2, 0) is 0 Å². The Hall–Kier alpha value is -3.40. The fourth-order valence-electron chi connectivity index (χ4n) is 2.88. The maximum atomic E-state index is 8.98. The summed E-state index contributed by atoms with van der Waals surface area (Å²) in [6.07, 6.45) is 1.62. The number of aromatic nitrogens is 3. The highest BCUT2D eigenvalue weighted by Gasteiger charge is 2.19. The molecule has 0 saturated carbocycles. The van der Waals surface area contributed by atoms with Crippen LogP contribution in [0.4, 0.5) is 11.6 Å². The molecule has 1 aliphatic rings. The number of anilines is 2. The van der Waals surface area contributed by atoms with Crippen molar-refractivity contribution in [2.75, 3.05) is 36.0 Å². The Bertz CT molecular complexity index is 877. The van der Waals surface area contributed by atoms with Gasteiger partial charge in [0.15, 0.2) is 11.6 Å². The molecule has 0 N–H and O–H groups in total. The van der Waals surface area contributed by atoms with Crippen LogP contribution in [0.2, 0.25) is 0 Å². The highest BCUT2D eigenvalue weighted by atomic mass is 16.3. The maximum Gasteiger partial charge on any atom is 0.154 e. The lowest BCUT2D eigenvalue weighted by molar-refractivity contribution is 0.578. The second-order valence-electron chi connectivity index (χ2n) is 5.72. The molecule has 124 valence electrons. The summed E-state index contributed by atoms with van der Waals surface area (Å²) in [5.41, 5.74) is 1.17. The van der Waals surface area contributed by atoms with Crippen molar-refractivity contribution in [2.45, 2.75) is 0 Å². The van der Waals surface area contributed by atoms with E-state index in [0.29, 0.717) is 11.5 Å². The molecule has 0 unspecified atom stereocenters. The van der Waals surface area contributed by atoms with E-state index in [9.17, 15) is 0 Å². The Morgan fingerprint density at radius 1 is 0.880 bits per heavy atom. The van der Waals surface area contributed by atoms with E-state index in [1.54, 1.807) is 12.3 Å². The first-order valence-corrected chi connectivity index (χ1v) is 8.08. The average molecular weight is 332 g/mol. The molecule has 4 heterocycles. The normalized spacial score (nSPS) is 14.4. The first kappa shape index (κ1) is 15.1. The van der Waals surface area contributed by atoms with Gasteiger partial charge in [-0.15, -0.1) is 10.2 Å². The Morgan fingerprint density at radius 3 is 2.32 bits per heavy atom. The molecule has 0 aromatic carbocycles. The molecule has 7 nitrogen and oxygen atoms in total. The zero-order valence-electron chi connectivity index (χ0n) is 13.5. The molecule has 25 heavy (non-hydrogen) atoms. The first-order chi connectivity index (χ1) is 12.3. The molecule has 0 spiro atoms. The second-order valence-corrected chi connectivity index (χ2v) is 5.72. The number of rotatable bonds is 3. The van der Waals surface area contributed by atoms with Gasteiger partial charge in [-0.3, -0.25) is 0 Å². The lowest BCUT2D eigenvalue weighted by Gasteiger charge is -2.35. The van der Waals surface area contributed by atoms with Gasteiger partial charge in [-0.25, -0.2) is 4.98 Å². The predicted molar refractivity (Wildman–Crippen MR) is 93.1 cm³/mol. The second kappa shape index (κ2) is 6.61. The summed E-state index contributed by atoms with van der Waals surface area (Å²) in [4.78, 5) is 8.74. The van der Waals surface area contributed by atoms with Gasteiger partial charge >= 0.3 is 0 Å². The summed E-state index contributed by atoms with van der Waals surface area (Å²) in [7, 11) is 0. The van der Waals surface area contributed by atoms with Crippen molar-refractivity contribution in [1.29, 1.82) is 5.26 Å². The smallest absolute Gasteiger partial charge is 0.154 e. The van der Waals surface area contributed by atoms with E-state index in [1.165, 1.54) is 0 Å². The number of nitriles is 1. The van der Waals surface area contributed by atoms with Crippen LogP contribution in [0.15, 0.2) is 53.1 Å². The number of hydrogen-bond acceptors (Lipinski definition) is 7. The lowest BCUT2D eigenvalue weighted by atomic mass is 10.2. The Kier molecular flexibility index (Phi) is 4.01. The van der Waals surface area contributed by atoms with Gasteiger partial charge in [0.25, 0.3) is 0 Å². The van der Waals surface area contributed by atoms with Crippen molar-refractivity contribution in [1.82, 2.24) is 15.2 Å². The molecule has 0 amide bonds. The van der Waals surface area contributed by atoms with Gasteiger partial charge in [0.1, 0.15) is 23.3 Å². The Balaban J connectivity index is 1.42. The SMILES string of the molecule is N#Cc1cccc(N2CCN(c3ccc(-c4ccco4)nn3)CC2)n1. The Labute approximate surface area is 145 Å². The predicted octanol–water partition coefficient (Wildman–Crippen LogP) is 2.33. The van der Waals surface area contributed by atoms with E-state index in [2.05, 4.69) is 31.1 Å². The summed E-state index contributed by atoms with van der Waals surface area (Å²) >= 11 is 0. The molecule has 4 rings (SSSR count). The van der Waals surface area contributed by atoms with E-state index >= 15 is 0 Å². The van der Waals surface area contributed by atoms with Gasteiger partial charge in [-0.1, -0.05) is 6.07 Å². The van der Waals surface area contributed by atoms with Crippen LogP contribution in [0, 0.1) is 11.3 Å². The van der Waals surface area contributed by atoms with Crippen molar-refractivity contribution in [3.05, 3.63) is 54.4 Å². The molecule has 7 heteroatoms. The number of nitrogens with zero attached hydrogens (tertiary/aromatic N) is 6. The minimum atomic E-state index is 0.444. The molecule has 1 saturated heterocycles. The molecular weight excluding hydrogens is 316 g/mol. The molecule has 0 radical (unpaired) electrons. The van der Waals surface area contributed by atoms with Crippen LogP contribution in [-0.4, -0.2) is 41.4 Å². The highest BCUT2D eigenvalue weighted by molar-refractivity contribution is 5.54. The standard InChI is InChI=1S/C18H16N6O/c19-13-14-3-1-5-17(20-14)23-8-10-24(11-9-23)18-7-6-15(21-22-18)16-4-2-12-25-16/h1-7,12H,8-11H2. The zero-order valence-corrected chi connectivity index (χ0v) is 13.5.